The van der Waals surface area contributed by atoms with Crippen LogP contribution < -0.4 is 10.5 Å². The first-order chi connectivity index (χ1) is 9.77. The second kappa shape index (κ2) is 5.87. The lowest BCUT2D eigenvalue weighted by Crippen LogP contribution is -2.12. The van der Waals surface area contributed by atoms with Gasteiger partial charge in [-0.3, -0.25) is 0 Å². The van der Waals surface area contributed by atoms with E-state index < -0.39 is 10.0 Å². The Morgan fingerprint density at radius 3 is 2.14 bits per heavy atom. The van der Waals surface area contributed by atoms with Crippen LogP contribution in [0, 0.1) is 13.8 Å². The van der Waals surface area contributed by atoms with Gasteiger partial charge in [-0.15, -0.1) is 0 Å². The Labute approximate surface area is 126 Å². The second-order valence-electron chi connectivity index (χ2n) is 5.28. The third kappa shape index (κ3) is 3.83. The van der Waals surface area contributed by atoms with E-state index in [2.05, 4.69) is 31.3 Å². The molecule has 1 unspecified atom stereocenters. The van der Waals surface area contributed by atoms with Crippen molar-refractivity contribution in [1.29, 1.82) is 0 Å². The van der Waals surface area contributed by atoms with Crippen LogP contribution in [0.5, 0.6) is 0 Å². The molecule has 0 amide bonds. The van der Waals surface area contributed by atoms with Crippen LogP contribution in [0.15, 0.2) is 47.4 Å². The van der Waals surface area contributed by atoms with Gasteiger partial charge in [0.05, 0.1) is 4.90 Å². The molecule has 0 fully saturated rings. The predicted molar refractivity (Wildman–Crippen MR) is 85.8 cm³/mol. The third-order valence-corrected chi connectivity index (χ3v) is 4.53. The molecular weight excluding hydrogens is 284 g/mol. The molecule has 0 aromatic heterocycles. The van der Waals surface area contributed by atoms with Gasteiger partial charge in [-0.2, -0.15) is 0 Å². The molecule has 0 saturated heterocycles. The first-order valence-corrected chi connectivity index (χ1v) is 8.28. The molecule has 0 aliphatic carbocycles. The molecule has 4 nitrogen and oxygen atoms in total. The maximum absolute atomic E-state index is 11.2. The summed E-state index contributed by atoms with van der Waals surface area (Å²) in [6, 6.07) is 12.9. The average Bonchev–Trinajstić information content (AvgIpc) is 2.42. The highest BCUT2D eigenvalue weighted by molar-refractivity contribution is 7.89. The molecule has 2 rings (SSSR count). The van der Waals surface area contributed by atoms with Gasteiger partial charge in [0.15, 0.2) is 0 Å². The van der Waals surface area contributed by atoms with E-state index in [4.69, 9.17) is 5.14 Å². The van der Waals surface area contributed by atoms with Crippen LogP contribution in [0.4, 0.5) is 5.69 Å². The van der Waals surface area contributed by atoms with Crippen LogP contribution in [-0.2, 0) is 10.0 Å². The Kier molecular flexibility index (Phi) is 4.34. The van der Waals surface area contributed by atoms with Gasteiger partial charge in [0.2, 0.25) is 10.0 Å². The highest BCUT2D eigenvalue weighted by Gasteiger charge is 2.10. The predicted octanol–water partition coefficient (Wildman–Crippen LogP) is 3.12. The van der Waals surface area contributed by atoms with Crippen molar-refractivity contribution in [2.24, 2.45) is 5.14 Å². The van der Waals surface area contributed by atoms with Crippen molar-refractivity contribution in [3.63, 3.8) is 0 Å². The monoisotopic (exact) mass is 304 g/mol. The summed E-state index contributed by atoms with van der Waals surface area (Å²) in [6.45, 7) is 6.18. The summed E-state index contributed by atoms with van der Waals surface area (Å²) in [7, 11) is -3.63. The summed E-state index contributed by atoms with van der Waals surface area (Å²) in [5, 5.41) is 8.50. The molecule has 0 radical (unpaired) electrons. The minimum absolute atomic E-state index is 0.0710. The Morgan fingerprint density at radius 2 is 1.62 bits per heavy atom. The number of primary sulfonamides is 1. The maximum atomic E-state index is 11.2. The molecule has 21 heavy (non-hydrogen) atoms. The first-order valence-electron chi connectivity index (χ1n) is 6.74. The zero-order chi connectivity index (χ0) is 15.6. The smallest absolute Gasteiger partial charge is 0.238 e. The zero-order valence-corrected chi connectivity index (χ0v) is 13.2. The normalized spacial score (nSPS) is 13.0. The number of nitrogens with two attached hydrogens (primary N) is 1. The number of aryl methyl sites for hydroxylation is 2. The molecule has 0 bridgehead atoms. The Morgan fingerprint density at radius 1 is 1.00 bits per heavy atom. The van der Waals surface area contributed by atoms with E-state index in [1.807, 2.05) is 13.0 Å². The first kappa shape index (κ1) is 15.5. The van der Waals surface area contributed by atoms with Crippen molar-refractivity contribution >= 4 is 15.7 Å². The summed E-state index contributed by atoms with van der Waals surface area (Å²) in [6.07, 6.45) is 0. The van der Waals surface area contributed by atoms with Crippen LogP contribution in [0.25, 0.3) is 0 Å². The summed E-state index contributed by atoms with van der Waals surface area (Å²) < 4.78 is 22.5. The van der Waals surface area contributed by atoms with Crippen molar-refractivity contribution < 1.29 is 8.42 Å². The molecule has 2 aromatic carbocycles. The third-order valence-electron chi connectivity index (χ3n) is 3.60. The fourth-order valence-electron chi connectivity index (χ4n) is 2.11. The van der Waals surface area contributed by atoms with E-state index in [9.17, 15) is 8.42 Å². The van der Waals surface area contributed by atoms with Gasteiger partial charge in [-0.25, -0.2) is 13.6 Å². The number of anilines is 1. The summed E-state index contributed by atoms with van der Waals surface area (Å²) in [5.74, 6) is 0. The number of hydrogen-bond donors (Lipinski definition) is 2. The molecule has 0 spiro atoms. The quantitative estimate of drug-likeness (QED) is 0.911. The molecule has 0 heterocycles. The van der Waals surface area contributed by atoms with E-state index in [-0.39, 0.29) is 10.9 Å². The number of sulfonamides is 1. The molecular formula is C16H20N2O2S. The summed E-state index contributed by atoms with van der Waals surface area (Å²) in [5.41, 5.74) is 4.53. The molecule has 0 saturated carbocycles. The van der Waals surface area contributed by atoms with Crippen LogP contribution in [0.1, 0.15) is 29.7 Å². The van der Waals surface area contributed by atoms with E-state index in [0.29, 0.717) is 0 Å². The largest absolute Gasteiger partial charge is 0.379 e. The standard InChI is InChI=1S/C16H20N2O2S/c1-11-4-7-15(10-12(11)2)18-13(3)14-5-8-16(9-6-14)21(17,19)20/h4-10,13,18H,1-3H3,(H2,17,19,20). The number of benzene rings is 2. The Bertz CT molecular complexity index is 737. The highest BCUT2D eigenvalue weighted by Crippen LogP contribution is 2.22. The van der Waals surface area contributed by atoms with Crippen LogP contribution in [0.3, 0.4) is 0 Å². The number of nitrogens with one attached hydrogen (secondary N) is 1. The van der Waals surface area contributed by atoms with Gasteiger partial charge in [0, 0.05) is 11.7 Å². The second-order valence-corrected chi connectivity index (χ2v) is 6.84. The Balaban J connectivity index is 2.16. The van der Waals surface area contributed by atoms with Crippen molar-refractivity contribution in [2.45, 2.75) is 31.7 Å². The molecule has 2 aromatic rings. The molecule has 112 valence electrons. The minimum atomic E-state index is -3.63. The summed E-state index contributed by atoms with van der Waals surface area (Å²) >= 11 is 0. The summed E-state index contributed by atoms with van der Waals surface area (Å²) in [4.78, 5) is 0.129. The SMILES string of the molecule is Cc1ccc(NC(C)c2ccc(S(N)(=O)=O)cc2)cc1C. The van der Waals surface area contributed by atoms with Gasteiger partial charge >= 0.3 is 0 Å². The van der Waals surface area contributed by atoms with Crippen LogP contribution in [0.2, 0.25) is 0 Å². The minimum Gasteiger partial charge on any atom is -0.379 e. The lowest BCUT2D eigenvalue weighted by atomic mass is 10.1. The fraction of sp³-hybridized carbons (Fsp3) is 0.250. The topological polar surface area (TPSA) is 72.2 Å². The van der Waals surface area contributed by atoms with Gasteiger partial charge in [-0.1, -0.05) is 18.2 Å². The van der Waals surface area contributed by atoms with E-state index in [1.54, 1.807) is 12.1 Å². The van der Waals surface area contributed by atoms with Crippen LogP contribution in [-0.4, -0.2) is 8.42 Å². The van der Waals surface area contributed by atoms with Crippen LogP contribution >= 0.6 is 0 Å². The van der Waals surface area contributed by atoms with Gasteiger partial charge in [0.1, 0.15) is 0 Å². The molecule has 3 N–H and O–H groups in total. The lowest BCUT2D eigenvalue weighted by molar-refractivity contribution is 0.597. The van der Waals surface area contributed by atoms with Gasteiger partial charge in [0.25, 0.3) is 0 Å². The van der Waals surface area contributed by atoms with Gasteiger partial charge < -0.3 is 5.32 Å². The van der Waals surface area contributed by atoms with Crippen molar-refractivity contribution in [1.82, 2.24) is 0 Å². The van der Waals surface area contributed by atoms with Crippen molar-refractivity contribution in [3.8, 4) is 0 Å². The lowest BCUT2D eigenvalue weighted by Gasteiger charge is -2.17. The zero-order valence-electron chi connectivity index (χ0n) is 12.4. The molecule has 0 aliphatic rings. The average molecular weight is 304 g/mol. The highest BCUT2D eigenvalue weighted by atomic mass is 32.2. The van der Waals surface area contributed by atoms with E-state index in [1.165, 1.54) is 23.3 Å². The van der Waals surface area contributed by atoms with Gasteiger partial charge in [-0.05, 0) is 61.7 Å². The molecule has 0 aliphatic heterocycles. The van der Waals surface area contributed by atoms with E-state index in [0.717, 1.165) is 11.3 Å². The maximum Gasteiger partial charge on any atom is 0.238 e. The van der Waals surface area contributed by atoms with Crippen molar-refractivity contribution in [3.05, 3.63) is 59.2 Å². The number of rotatable bonds is 4. The Hall–Kier alpha value is -1.85. The molecule has 1 atom stereocenters. The van der Waals surface area contributed by atoms with E-state index >= 15 is 0 Å². The number of hydrogen-bond acceptors (Lipinski definition) is 3. The van der Waals surface area contributed by atoms with Crippen molar-refractivity contribution in [2.75, 3.05) is 5.32 Å². The molecule has 5 heteroatoms. The fourth-order valence-corrected chi connectivity index (χ4v) is 2.63.